The minimum atomic E-state index is -4.54. The molecule has 0 saturated heterocycles. The molecule has 3 aromatic heterocycles. The molecule has 0 aliphatic rings. The molecular formula is C27H25F3N4Pt. The van der Waals surface area contributed by atoms with Crippen LogP contribution in [0.5, 0.6) is 0 Å². The first-order valence-electron chi connectivity index (χ1n) is 10.9. The Bertz CT molecular complexity index is 1320. The fourth-order valence-electron chi connectivity index (χ4n) is 3.60. The molecule has 4 aromatic rings. The fourth-order valence-corrected chi connectivity index (χ4v) is 3.60. The standard InChI is InChI=1S/C27H25F3N4.Pt/c1-25(2,3)19-9-6-8-18(16-19)21-10-7-11-22(32-21)26(4,5)23-13-15-34(33-23)20-12-14-31-24(17-20)27(28,29)30;/h6-7,9-11,13-17H,1-5H3;/q-2;+2. The Labute approximate surface area is 217 Å². The topological polar surface area (TPSA) is 43.6 Å². The summed E-state index contributed by atoms with van der Waals surface area (Å²) in [6.07, 6.45) is -1.91. The van der Waals surface area contributed by atoms with E-state index in [2.05, 4.69) is 55.1 Å². The van der Waals surface area contributed by atoms with Crippen LogP contribution >= 0.6 is 0 Å². The molecule has 4 rings (SSSR count). The Balaban J connectivity index is 0.00000342. The molecule has 0 saturated carbocycles. The van der Waals surface area contributed by atoms with Crippen LogP contribution < -0.4 is 0 Å². The van der Waals surface area contributed by atoms with E-state index in [1.165, 1.54) is 10.2 Å². The SMILES string of the molecule is CC(C)(C)c1cc[c-]c(-c2cccc(C(C)(C)c3ccn(-c4[c-]cnc(C(F)(F)F)c4)n3)n2)c1.[Pt+2]. The Morgan fingerprint density at radius 2 is 1.60 bits per heavy atom. The Kier molecular flexibility index (Phi) is 7.42. The number of rotatable bonds is 4. The van der Waals surface area contributed by atoms with Crippen molar-refractivity contribution in [1.29, 1.82) is 0 Å². The number of hydrogen-bond acceptors (Lipinski definition) is 3. The summed E-state index contributed by atoms with van der Waals surface area (Å²) in [6, 6.07) is 20.6. The van der Waals surface area contributed by atoms with Crippen molar-refractivity contribution >= 4 is 0 Å². The second-order valence-electron chi connectivity index (χ2n) is 9.73. The summed E-state index contributed by atoms with van der Waals surface area (Å²) in [5.74, 6) is 0. The second-order valence-corrected chi connectivity index (χ2v) is 9.73. The molecule has 0 aliphatic carbocycles. The van der Waals surface area contributed by atoms with Gasteiger partial charge >= 0.3 is 27.2 Å². The minimum Gasteiger partial charge on any atom is -0.300 e. The maximum atomic E-state index is 13.1. The maximum absolute atomic E-state index is 13.1. The van der Waals surface area contributed by atoms with Gasteiger partial charge in [0.1, 0.15) is 0 Å². The van der Waals surface area contributed by atoms with Gasteiger partial charge < -0.3 is 4.98 Å². The Morgan fingerprint density at radius 3 is 2.29 bits per heavy atom. The van der Waals surface area contributed by atoms with Gasteiger partial charge in [-0.1, -0.05) is 39.1 Å². The first kappa shape index (κ1) is 26.8. The summed E-state index contributed by atoms with van der Waals surface area (Å²) in [6.45, 7) is 10.4. The number of aromatic nitrogens is 4. The number of hydrogen-bond donors (Lipinski definition) is 0. The molecule has 0 atom stereocenters. The smallest absolute Gasteiger partial charge is 0.300 e. The summed E-state index contributed by atoms with van der Waals surface area (Å²) in [5.41, 5.74) is 2.95. The average molecular weight is 658 g/mol. The van der Waals surface area contributed by atoms with Gasteiger partial charge in [0, 0.05) is 11.9 Å². The van der Waals surface area contributed by atoms with Crippen LogP contribution in [0.2, 0.25) is 0 Å². The summed E-state index contributed by atoms with van der Waals surface area (Å²) < 4.78 is 40.5. The maximum Gasteiger partial charge on any atom is 2.00 e. The van der Waals surface area contributed by atoms with Gasteiger partial charge in [0.05, 0.1) is 16.8 Å². The Morgan fingerprint density at radius 1 is 0.857 bits per heavy atom. The zero-order valence-electron chi connectivity index (χ0n) is 20.0. The number of alkyl halides is 3. The molecule has 3 heterocycles. The van der Waals surface area contributed by atoms with Crippen molar-refractivity contribution in [2.24, 2.45) is 0 Å². The molecule has 0 N–H and O–H groups in total. The van der Waals surface area contributed by atoms with Crippen LogP contribution in [0.1, 0.15) is 57.3 Å². The van der Waals surface area contributed by atoms with Gasteiger partial charge in [-0.2, -0.15) is 24.3 Å². The van der Waals surface area contributed by atoms with E-state index in [-0.39, 0.29) is 32.2 Å². The predicted molar refractivity (Wildman–Crippen MR) is 125 cm³/mol. The van der Waals surface area contributed by atoms with Crippen LogP contribution in [0, 0.1) is 12.1 Å². The van der Waals surface area contributed by atoms with E-state index in [9.17, 15) is 13.2 Å². The Hall–Kier alpha value is -2.79. The van der Waals surface area contributed by atoms with Crippen molar-refractivity contribution in [1.82, 2.24) is 19.7 Å². The molecule has 1 aromatic carbocycles. The summed E-state index contributed by atoms with van der Waals surface area (Å²) in [4.78, 5) is 8.26. The van der Waals surface area contributed by atoms with Gasteiger partial charge in [0.25, 0.3) is 0 Å². The van der Waals surface area contributed by atoms with Gasteiger partial charge in [-0.25, -0.2) is 6.07 Å². The molecule has 0 spiro atoms. The fraction of sp³-hybridized carbons (Fsp3) is 0.296. The number of halogens is 3. The molecule has 35 heavy (non-hydrogen) atoms. The number of benzene rings is 1. The third-order valence-corrected chi connectivity index (χ3v) is 5.79. The van der Waals surface area contributed by atoms with Gasteiger partial charge in [0.2, 0.25) is 0 Å². The minimum absolute atomic E-state index is 0. The van der Waals surface area contributed by atoms with Crippen molar-refractivity contribution in [2.75, 3.05) is 0 Å². The van der Waals surface area contributed by atoms with Crippen molar-refractivity contribution in [3.05, 3.63) is 95.7 Å². The van der Waals surface area contributed by atoms with Crippen molar-refractivity contribution in [3.63, 3.8) is 0 Å². The largest absolute Gasteiger partial charge is 2.00 e. The van der Waals surface area contributed by atoms with Crippen molar-refractivity contribution in [3.8, 4) is 16.9 Å². The van der Waals surface area contributed by atoms with E-state index in [1.54, 1.807) is 12.3 Å². The van der Waals surface area contributed by atoms with Crippen LogP contribution in [0.3, 0.4) is 0 Å². The molecule has 0 aliphatic heterocycles. The molecule has 0 unspecified atom stereocenters. The molecule has 4 nitrogen and oxygen atoms in total. The van der Waals surface area contributed by atoms with Crippen LogP contribution in [0.4, 0.5) is 13.2 Å². The van der Waals surface area contributed by atoms with Crippen LogP contribution in [0.25, 0.3) is 16.9 Å². The summed E-state index contributed by atoms with van der Waals surface area (Å²) in [7, 11) is 0. The van der Waals surface area contributed by atoms with Crippen LogP contribution in [0.15, 0.2) is 60.9 Å². The van der Waals surface area contributed by atoms with Crippen LogP contribution in [-0.2, 0) is 38.1 Å². The predicted octanol–water partition coefficient (Wildman–Crippen LogP) is 6.57. The second kappa shape index (κ2) is 9.69. The van der Waals surface area contributed by atoms with E-state index >= 15 is 0 Å². The van der Waals surface area contributed by atoms with E-state index in [0.717, 1.165) is 29.2 Å². The van der Waals surface area contributed by atoms with Crippen molar-refractivity contribution in [2.45, 2.75) is 51.6 Å². The third kappa shape index (κ3) is 5.72. The number of nitrogens with zero attached hydrogens (tertiary/aromatic N) is 4. The molecule has 0 fully saturated rings. The third-order valence-electron chi connectivity index (χ3n) is 5.79. The average Bonchev–Trinajstić information content (AvgIpc) is 3.30. The van der Waals surface area contributed by atoms with Gasteiger partial charge in [-0.05, 0) is 37.1 Å². The zero-order valence-corrected chi connectivity index (χ0v) is 22.3. The number of pyridine rings is 2. The van der Waals surface area contributed by atoms with E-state index < -0.39 is 17.3 Å². The molecular weight excluding hydrogens is 632 g/mol. The monoisotopic (exact) mass is 657 g/mol. The van der Waals surface area contributed by atoms with Gasteiger partial charge in [-0.3, -0.25) is 9.67 Å². The van der Waals surface area contributed by atoms with E-state index in [4.69, 9.17) is 4.98 Å². The molecule has 0 radical (unpaired) electrons. The van der Waals surface area contributed by atoms with Gasteiger partial charge in [0.15, 0.2) is 0 Å². The molecule has 0 bridgehead atoms. The molecule has 184 valence electrons. The first-order chi connectivity index (χ1) is 15.9. The van der Waals surface area contributed by atoms with Crippen LogP contribution in [-0.4, -0.2) is 19.7 Å². The van der Waals surface area contributed by atoms with Gasteiger partial charge in [-0.15, -0.1) is 41.1 Å². The zero-order chi connectivity index (χ0) is 24.7. The molecule has 8 heteroatoms. The quantitative estimate of drug-likeness (QED) is 0.234. The van der Waals surface area contributed by atoms with E-state index in [1.807, 2.05) is 38.1 Å². The normalized spacial score (nSPS) is 12.3. The first-order valence-corrected chi connectivity index (χ1v) is 10.9. The van der Waals surface area contributed by atoms with E-state index in [0.29, 0.717) is 5.69 Å². The summed E-state index contributed by atoms with van der Waals surface area (Å²) >= 11 is 0. The van der Waals surface area contributed by atoms with Crippen molar-refractivity contribution < 1.29 is 34.2 Å². The summed E-state index contributed by atoms with van der Waals surface area (Å²) in [5, 5.41) is 4.54. The molecule has 0 amide bonds.